The summed E-state index contributed by atoms with van der Waals surface area (Å²) in [6.45, 7) is 1.75. The molecule has 0 N–H and O–H groups in total. The highest BCUT2D eigenvalue weighted by atomic mass is 79.9. The van der Waals surface area contributed by atoms with E-state index >= 15 is 0 Å². The zero-order chi connectivity index (χ0) is 13.0. The third-order valence-corrected chi connectivity index (χ3v) is 3.16. The van der Waals surface area contributed by atoms with Crippen LogP contribution in [0.3, 0.4) is 0 Å². The summed E-state index contributed by atoms with van der Waals surface area (Å²) in [5, 5.41) is 8.57. The highest BCUT2D eigenvalue weighted by Crippen LogP contribution is 2.20. The number of carbonyl (C=O) groups is 1. The molecular weight excluding hydrogens is 287 g/mol. The number of nitrogens with zero attached hydrogens (tertiary/aromatic N) is 2. The SMILES string of the molecule is CC(CC#N)N(C)C(=O)c1cccc(Br)c1F. The molecule has 0 spiro atoms. The average molecular weight is 299 g/mol. The van der Waals surface area contributed by atoms with E-state index in [0.717, 1.165) is 0 Å². The Labute approximate surface area is 108 Å². The summed E-state index contributed by atoms with van der Waals surface area (Å²) in [6, 6.07) is 6.30. The van der Waals surface area contributed by atoms with Gasteiger partial charge in [-0.15, -0.1) is 0 Å². The van der Waals surface area contributed by atoms with E-state index in [1.54, 1.807) is 20.0 Å². The van der Waals surface area contributed by atoms with Crippen molar-refractivity contribution in [2.45, 2.75) is 19.4 Å². The van der Waals surface area contributed by atoms with Gasteiger partial charge in [-0.3, -0.25) is 4.79 Å². The standard InChI is InChI=1S/C12H12BrFN2O/c1-8(6-7-15)16(2)12(17)9-4-3-5-10(13)11(9)14/h3-5,8H,6H2,1-2H3. The summed E-state index contributed by atoms with van der Waals surface area (Å²) in [7, 11) is 1.56. The van der Waals surface area contributed by atoms with E-state index in [4.69, 9.17) is 5.26 Å². The highest BCUT2D eigenvalue weighted by molar-refractivity contribution is 9.10. The lowest BCUT2D eigenvalue weighted by molar-refractivity contribution is 0.0741. The number of nitriles is 1. The van der Waals surface area contributed by atoms with Gasteiger partial charge in [0.1, 0.15) is 5.82 Å². The van der Waals surface area contributed by atoms with Crippen molar-refractivity contribution in [2.75, 3.05) is 7.05 Å². The molecule has 5 heteroatoms. The first kappa shape index (κ1) is 13.7. The molecule has 1 aromatic rings. The zero-order valence-corrected chi connectivity index (χ0v) is 11.2. The van der Waals surface area contributed by atoms with Gasteiger partial charge in [-0.1, -0.05) is 6.07 Å². The van der Waals surface area contributed by atoms with Crippen molar-refractivity contribution in [1.82, 2.24) is 4.90 Å². The van der Waals surface area contributed by atoms with Crippen LogP contribution in [0, 0.1) is 17.1 Å². The summed E-state index contributed by atoms with van der Waals surface area (Å²) in [6.07, 6.45) is 0.220. The van der Waals surface area contributed by atoms with Crippen LogP contribution in [0.4, 0.5) is 4.39 Å². The summed E-state index contributed by atoms with van der Waals surface area (Å²) < 4.78 is 14.0. The third kappa shape index (κ3) is 3.04. The molecule has 0 aliphatic rings. The van der Waals surface area contributed by atoms with Crippen LogP contribution in [-0.4, -0.2) is 23.9 Å². The van der Waals surface area contributed by atoms with E-state index in [0.29, 0.717) is 0 Å². The predicted molar refractivity (Wildman–Crippen MR) is 65.9 cm³/mol. The molecule has 0 bridgehead atoms. The Morgan fingerprint density at radius 1 is 1.65 bits per heavy atom. The van der Waals surface area contributed by atoms with Crippen LogP contribution in [0.15, 0.2) is 22.7 Å². The summed E-state index contributed by atoms with van der Waals surface area (Å²) in [5.41, 5.74) is 0.00617. The molecule has 0 fully saturated rings. The maximum absolute atomic E-state index is 13.7. The second-order valence-electron chi connectivity index (χ2n) is 3.73. The molecule has 0 heterocycles. The van der Waals surface area contributed by atoms with Gasteiger partial charge in [0.2, 0.25) is 0 Å². The summed E-state index contributed by atoms with van der Waals surface area (Å²) in [4.78, 5) is 13.4. The van der Waals surface area contributed by atoms with Crippen molar-refractivity contribution in [3.63, 3.8) is 0 Å². The Hall–Kier alpha value is -1.41. The minimum Gasteiger partial charge on any atom is -0.338 e. The van der Waals surface area contributed by atoms with Crippen molar-refractivity contribution in [3.8, 4) is 6.07 Å². The van der Waals surface area contributed by atoms with Crippen molar-refractivity contribution in [2.24, 2.45) is 0 Å². The molecule has 0 saturated carbocycles. The van der Waals surface area contributed by atoms with Crippen LogP contribution in [0.2, 0.25) is 0 Å². The molecule has 1 aromatic carbocycles. The second-order valence-corrected chi connectivity index (χ2v) is 4.58. The molecule has 90 valence electrons. The Morgan fingerprint density at radius 3 is 2.88 bits per heavy atom. The fourth-order valence-corrected chi connectivity index (χ4v) is 1.69. The van der Waals surface area contributed by atoms with Gasteiger partial charge in [-0.2, -0.15) is 5.26 Å². The molecule has 3 nitrogen and oxygen atoms in total. The number of hydrogen-bond donors (Lipinski definition) is 0. The fraction of sp³-hybridized carbons (Fsp3) is 0.333. The molecule has 1 rings (SSSR count). The highest BCUT2D eigenvalue weighted by Gasteiger charge is 2.21. The molecule has 0 saturated heterocycles. The van der Waals surface area contributed by atoms with Crippen molar-refractivity contribution < 1.29 is 9.18 Å². The Balaban J connectivity index is 2.97. The van der Waals surface area contributed by atoms with Gasteiger partial charge in [0.25, 0.3) is 5.91 Å². The monoisotopic (exact) mass is 298 g/mol. The van der Waals surface area contributed by atoms with Crippen LogP contribution in [0.25, 0.3) is 0 Å². The van der Waals surface area contributed by atoms with Gasteiger partial charge < -0.3 is 4.90 Å². The van der Waals surface area contributed by atoms with Gasteiger partial charge in [-0.05, 0) is 35.0 Å². The van der Waals surface area contributed by atoms with Crippen molar-refractivity contribution in [1.29, 1.82) is 5.26 Å². The molecule has 0 aliphatic carbocycles. The summed E-state index contributed by atoms with van der Waals surface area (Å²) >= 11 is 3.03. The largest absolute Gasteiger partial charge is 0.338 e. The molecule has 17 heavy (non-hydrogen) atoms. The van der Waals surface area contributed by atoms with E-state index in [1.807, 2.05) is 6.07 Å². The molecule has 0 radical (unpaired) electrons. The smallest absolute Gasteiger partial charge is 0.256 e. The maximum atomic E-state index is 13.7. The van der Waals surface area contributed by atoms with E-state index in [1.165, 1.54) is 17.0 Å². The van der Waals surface area contributed by atoms with Gasteiger partial charge in [0.05, 0.1) is 22.5 Å². The van der Waals surface area contributed by atoms with Gasteiger partial charge in [0.15, 0.2) is 0 Å². The van der Waals surface area contributed by atoms with Crippen molar-refractivity contribution >= 4 is 21.8 Å². The molecule has 1 unspecified atom stereocenters. The van der Waals surface area contributed by atoms with Crippen LogP contribution < -0.4 is 0 Å². The topological polar surface area (TPSA) is 44.1 Å². The lowest BCUT2D eigenvalue weighted by Crippen LogP contribution is -2.35. The first-order valence-electron chi connectivity index (χ1n) is 5.07. The average Bonchev–Trinajstić information content (AvgIpc) is 2.31. The minimum absolute atomic E-state index is 0.00617. The zero-order valence-electron chi connectivity index (χ0n) is 9.58. The first-order valence-corrected chi connectivity index (χ1v) is 5.86. The molecule has 1 amide bonds. The molecular formula is C12H12BrFN2O. The molecule has 0 aliphatic heterocycles. The van der Waals surface area contributed by atoms with Gasteiger partial charge in [-0.25, -0.2) is 4.39 Å². The third-order valence-electron chi connectivity index (χ3n) is 2.55. The first-order chi connectivity index (χ1) is 7.99. The lowest BCUT2D eigenvalue weighted by Gasteiger charge is -2.23. The second kappa shape index (κ2) is 5.78. The maximum Gasteiger partial charge on any atom is 0.256 e. The van der Waals surface area contributed by atoms with Gasteiger partial charge in [0, 0.05) is 13.1 Å². The fourth-order valence-electron chi connectivity index (χ4n) is 1.33. The van der Waals surface area contributed by atoms with E-state index in [9.17, 15) is 9.18 Å². The summed E-state index contributed by atoms with van der Waals surface area (Å²) in [5.74, 6) is -1.000. The quantitative estimate of drug-likeness (QED) is 0.861. The number of amides is 1. The Bertz CT molecular complexity index is 470. The lowest BCUT2D eigenvalue weighted by atomic mass is 10.1. The minimum atomic E-state index is -0.575. The number of carbonyl (C=O) groups excluding carboxylic acids is 1. The number of rotatable bonds is 3. The van der Waals surface area contributed by atoms with Crippen LogP contribution in [0.1, 0.15) is 23.7 Å². The van der Waals surface area contributed by atoms with E-state index in [-0.39, 0.29) is 22.5 Å². The normalized spacial score (nSPS) is 11.7. The van der Waals surface area contributed by atoms with Crippen LogP contribution >= 0.6 is 15.9 Å². The molecule has 0 aromatic heterocycles. The molecule has 1 atom stereocenters. The number of hydrogen-bond acceptors (Lipinski definition) is 2. The number of halogens is 2. The van der Waals surface area contributed by atoms with Gasteiger partial charge >= 0.3 is 0 Å². The van der Waals surface area contributed by atoms with Crippen molar-refractivity contribution in [3.05, 3.63) is 34.1 Å². The Morgan fingerprint density at radius 2 is 2.29 bits per heavy atom. The van der Waals surface area contributed by atoms with E-state index in [2.05, 4.69) is 15.9 Å². The Kier molecular flexibility index (Phi) is 4.64. The number of benzene rings is 1. The van der Waals surface area contributed by atoms with E-state index < -0.39 is 11.7 Å². The van der Waals surface area contributed by atoms with Crippen LogP contribution in [0.5, 0.6) is 0 Å². The predicted octanol–water partition coefficient (Wildman–Crippen LogP) is 2.96. The van der Waals surface area contributed by atoms with Crippen LogP contribution in [-0.2, 0) is 0 Å².